The summed E-state index contributed by atoms with van der Waals surface area (Å²) in [4.78, 5) is 10.3. The van der Waals surface area contributed by atoms with Gasteiger partial charge in [-0.1, -0.05) is 6.92 Å². The minimum atomic E-state index is -0.383. The van der Waals surface area contributed by atoms with Crippen LogP contribution in [0.2, 0.25) is 0 Å². The van der Waals surface area contributed by atoms with Gasteiger partial charge in [-0.3, -0.25) is 10.1 Å². The van der Waals surface area contributed by atoms with Gasteiger partial charge in [0.2, 0.25) is 0 Å². The molecule has 1 fully saturated rings. The van der Waals surface area contributed by atoms with Gasteiger partial charge in [0.1, 0.15) is 0 Å². The molecule has 0 spiro atoms. The average Bonchev–Trinajstić information content (AvgIpc) is 2.63. The first-order chi connectivity index (χ1) is 8.06. The first-order valence-electron chi connectivity index (χ1n) is 5.76. The third-order valence-electron chi connectivity index (χ3n) is 3.21. The number of nitrogens with zero attached hydrogens (tertiary/aromatic N) is 1. The van der Waals surface area contributed by atoms with Gasteiger partial charge in [0, 0.05) is 17.8 Å². The quantitative estimate of drug-likeness (QED) is 0.679. The number of halogens is 1. The van der Waals surface area contributed by atoms with Gasteiger partial charge in [-0.15, -0.1) is 0 Å². The van der Waals surface area contributed by atoms with Crippen LogP contribution >= 0.6 is 15.9 Å². The van der Waals surface area contributed by atoms with Crippen LogP contribution in [0.4, 0.5) is 11.4 Å². The molecule has 0 radical (unpaired) electrons. The SMILES string of the molecule is CC1CCC(Nc2ccc([N+](=O)[O-])c(Br)c2)C1. The molecular formula is C12H15BrN2O2. The third kappa shape index (κ3) is 2.97. The number of hydrogen-bond donors (Lipinski definition) is 1. The molecular weight excluding hydrogens is 284 g/mol. The Morgan fingerprint density at radius 2 is 2.24 bits per heavy atom. The van der Waals surface area contributed by atoms with Crippen molar-refractivity contribution in [3.05, 3.63) is 32.8 Å². The Labute approximate surface area is 109 Å². The molecule has 1 N–H and O–H groups in total. The number of nitro groups is 1. The summed E-state index contributed by atoms with van der Waals surface area (Å²) in [5, 5.41) is 14.1. The van der Waals surface area contributed by atoms with Gasteiger partial charge in [0.25, 0.3) is 5.69 Å². The van der Waals surface area contributed by atoms with E-state index in [1.807, 2.05) is 0 Å². The van der Waals surface area contributed by atoms with Crippen LogP contribution in [-0.2, 0) is 0 Å². The Morgan fingerprint density at radius 1 is 1.47 bits per heavy atom. The largest absolute Gasteiger partial charge is 0.382 e. The highest BCUT2D eigenvalue weighted by Gasteiger charge is 2.21. The Morgan fingerprint density at radius 3 is 2.76 bits per heavy atom. The maximum Gasteiger partial charge on any atom is 0.283 e. The van der Waals surface area contributed by atoms with Crippen molar-refractivity contribution in [3.63, 3.8) is 0 Å². The van der Waals surface area contributed by atoms with E-state index in [0.29, 0.717) is 10.5 Å². The van der Waals surface area contributed by atoms with Crippen molar-refractivity contribution in [1.29, 1.82) is 0 Å². The summed E-state index contributed by atoms with van der Waals surface area (Å²) < 4.78 is 0.526. The lowest BCUT2D eigenvalue weighted by Gasteiger charge is -2.14. The Hall–Kier alpha value is -1.10. The molecule has 0 saturated heterocycles. The van der Waals surface area contributed by atoms with E-state index in [1.165, 1.54) is 25.3 Å². The fourth-order valence-corrected chi connectivity index (χ4v) is 2.84. The maximum atomic E-state index is 10.7. The number of hydrogen-bond acceptors (Lipinski definition) is 3. The summed E-state index contributed by atoms with van der Waals surface area (Å²) in [5.74, 6) is 0.772. The number of anilines is 1. The monoisotopic (exact) mass is 298 g/mol. The van der Waals surface area contributed by atoms with Gasteiger partial charge in [-0.2, -0.15) is 0 Å². The molecule has 1 aromatic carbocycles. The molecule has 1 aliphatic rings. The fraction of sp³-hybridized carbons (Fsp3) is 0.500. The zero-order valence-electron chi connectivity index (χ0n) is 9.65. The van der Waals surface area contributed by atoms with Crippen molar-refractivity contribution < 1.29 is 4.92 Å². The van der Waals surface area contributed by atoms with Crippen LogP contribution in [0.25, 0.3) is 0 Å². The third-order valence-corrected chi connectivity index (χ3v) is 3.85. The molecule has 4 nitrogen and oxygen atoms in total. The van der Waals surface area contributed by atoms with Crippen LogP contribution in [0, 0.1) is 16.0 Å². The molecule has 0 heterocycles. The van der Waals surface area contributed by atoms with Crippen LogP contribution < -0.4 is 5.32 Å². The molecule has 1 aromatic rings. The van der Waals surface area contributed by atoms with Gasteiger partial charge in [0.05, 0.1) is 9.40 Å². The van der Waals surface area contributed by atoms with Crippen molar-refractivity contribution >= 4 is 27.3 Å². The number of nitrogens with one attached hydrogen (secondary N) is 1. The van der Waals surface area contributed by atoms with Gasteiger partial charge in [-0.05, 0) is 53.2 Å². The second-order valence-electron chi connectivity index (χ2n) is 4.68. The van der Waals surface area contributed by atoms with Gasteiger partial charge in [-0.25, -0.2) is 0 Å². The second kappa shape index (κ2) is 5.04. The van der Waals surface area contributed by atoms with E-state index in [-0.39, 0.29) is 10.6 Å². The number of nitro benzene ring substituents is 1. The molecule has 17 heavy (non-hydrogen) atoms. The molecule has 0 aliphatic heterocycles. The van der Waals surface area contributed by atoms with E-state index in [4.69, 9.17) is 0 Å². The van der Waals surface area contributed by atoms with E-state index in [9.17, 15) is 10.1 Å². The highest BCUT2D eigenvalue weighted by molar-refractivity contribution is 9.10. The lowest BCUT2D eigenvalue weighted by atomic mass is 10.1. The molecule has 92 valence electrons. The predicted octanol–water partition coefficient (Wildman–Crippen LogP) is 3.96. The van der Waals surface area contributed by atoms with Crippen LogP contribution in [0.15, 0.2) is 22.7 Å². The lowest BCUT2D eigenvalue weighted by Crippen LogP contribution is -2.15. The van der Waals surface area contributed by atoms with Crippen LogP contribution in [0.5, 0.6) is 0 Å². The van der Waals surface area contributed by atoms with Crippen molar-refractivity contribution in [3.8, 4) is 0 Å². The average molecular weight is 299 g/mol. The molecule has 5 heteroatoms. The summed E-state index contributed by atoms with van der Waals surface area (Å²) in [6.07, 6.45) is 3.61. The standard InChI is InChI=1S/C12H15BrN2O2/c1-8-2-3-9(6-8)14-10-4-5-12(15(16)17)11(13)7-10/h4-5,7-9,14H,2-3,6H2,1H3. The smallest absolute Gasteiger partial charge is 0.283 e. The molecule has 0 amide bonds. The highest BCUT2D eigenvalue weighted by Crippen LogP contribution is 2.31. The normalized spacial score (nSPS) is 23.6. The maximum absolute atomic E-state index is 10.7. The van der Waals surface area contributed by atoms with E-state index in [2.05, 4.69) is 28.2 Å². The van der Waals surface area contributed by atoms with Crippen molar-refractivity contribution in [1.82, 2.24) is 0 Å². The minimum absolute atomic E-state index is 0.107. The van der Waals surface area contributed by atoms with Crippen molar-refractivity contribution in [2.24, 2.45) is 5.92 Å². The first-order valence-corrected chi connectivity index (χ1v) is 6.56. The molecule has 0 aromatic heterocycles. The lowest BCUT2D eigenvalue weighted by molar-refractivity contribution is -0.385. The minimum Gasteiger partial charge on any atom is -0.382 e. The van der Waals surface area contributed by atoms with Gasteiger partial charge >= 0.3 is 0 Å². The van der Waals surface area contributed by atoms with E-state index >= 15 is 0 Å². The van der Waals surface area contributed by atoms with E-state index in [0.717, 1.165) is 11.6 Å². The topological polar surface area (TPSA) is 55.2 Å². The van der Waals surface area contributed by atoms with Crippen LogP contribution in [0.1, 0.15) is 26.2 Å². The summed E-state index contributed by atoms with van der Waals surface area (Å²) in [7, 11) is 0. The predicted molar refractivity (Wildman–Crippen MR) is 71.2 cm³/mol. The summed E-state index contributed by atoms with van der Waals surface area (Å²) in [6, 6.07) is 5.58. The van der Waals surface area contributed by atoms with E-state index in [1.54, 1.807) is 12.1 Å². The van der Waals surface area contributed by atoms with Gasteiger partial charge in [0.15, 0.2) is 0 Å². The Bertz CT molecular complexity index is 437. The fourth-order valence-electron chi connectivity index (χ4n) is 2.32. The van der Waals surface area contributed by atoms with Crippen LogP contribution in [-0.4, -0.2) is 11.0 Å². The zero-order valence-corrected chi connectivity index (χ0v) is 11.2. The van der Waals surface area contributed by atoms with Crippen molar-refractivity contribution in [2.45, 2.75) is 32.2 Å². The molecule has 2 rings (SSSR count). The molecule has 2 unspecified atom stereocenters. The Balaban J connectivity index is 2.07. The molecule has 2 atom stereocenters. The number of rotatable bonds is 3. The molecule has 0 bridgehead atoms. The molecule has 1 saturated carbocycles. The summed E-state index contributed by atoms with van der Waals surface area (Å²) in [6.45, 7) is 2.26. The zero-order chi connectivity index (χ0) is 12.4. The first kappa shape index (κ1) is 12.4. The van der Waals surface area contributed by atoms with Gasteiger partial charge < -0.3 is 5.32 Å². The molecule has 1 aliphatic carbocycles. The summed E-state index contributed by atoms with van der Waals surface area (Å²) in [5.41, 5.74) is 1.05. The van der Waals surface area contributed by atoms with Crippen LogP contribution in [0.3, 0.4) is 0 Å². The Kier molecular flexibility index (Phi) is 3.66. The second-order valence-corrected chi connectivity index (χ2v) is 5.54. The highest BCUT2D eigenvalue weighted by atomic mass is 79.9. The van der Waals surface area contributed by atoms with E-state index < -0.39 is 0 Å². The number of benzene rings is 1. The van der Waals surface area contributed by atoms with Crippen molar-refractivity contribution in [2.75, 3.05) is 5.32 Å². The summed E-state index contributed by atoms with van der Waals surface area (Å²) >= 11 is 3.23.